The topological polar surface area (TPSA) is 9.23 Å². The fourth-order valence-electron chi connectivity index (χ4n) is 0.900. The zero-order valence-electron chi connectivity index (χ0n) is 7.39. The fourth-order valence-corrected chi connectivity index (χ4v) is 2.11. The smallest absolute Gasteiger partial charge is 0.406 e. The van der Waals surface area contributed by atoms with E-state index < -0.39 is 17.9 Å². The van der Waals surface area contributed by atoms with Crippen LogP contribution in [-0.2, 0) is 0 Å². The zero-order chi connectivity index (χ0) is 12.3. The van der Waals surface area contributed by atoms with Gasteiger partial charge in [-0.05, 0) is 18.2 Å². The molecule has 0 fully saturated rings. The van der Waals surface area contributed by atoms with Crippen LogP contribution in [0.1, 0.15) is 0 Å². The molecule has 1 rings (SSSR count). The third-order valence-corrected chi connectivity index (χ3v) is 2.45. The summed E-state index contributed by atoms with van der Waals surface area (Å²) in [4.78, 5) is -0.0105. The average molecular weight is 323 g/mol. The lowest BCUT2D eigenvalue weighted by Crippen LogP contribution is -2.17. The summed E-state index contributed by atoms with van der Waals surface area (Å²) in [5.41, 5.74) is 0. The molecule has 0 N–H and O–H groups in total. The SMILES string of the molecule is FC(F)Sc1cc(Br)cc(OC(F)(F)F)c1. The van der Waals surface area contributed by atoms with Crippen molar-refractivity contribution in [3.05, 3.63) is 22.7 Å². The minimum Gasteiger partial charge on any atom is -0.406 e. The van der Waals surface area contributed by atoms with E-state index in [4.69, 9.17) is 0 Å². The molecule has 0 saturated carbocycles. The third-order valence-electron chi connectivity index (χ3n) is 1.30. The van der Waals surface area contributed by atoms with E-state index in [1.165, 1.54) is 6.07 Å². The molecule has 0 saturated heterocycles. The molecule has 0 aliphatic heterocycles. The molecule has 1 aromatic rings. The van der Waals surface area contributed by atoms with E-state index in [0.717, 1.165) is 12.1 Å². The van der Waals surface area contributed by atoms with E-state index in [0.29, 0.717) is 0 Å². The van der Waals surface area contributed by atoms with Gasteiger partial charge in [-0.1, -0.05) is 27.7 Å². The van der Waals surface area contributed by atoms with Gasteiger partial charge >= 0.3 is 6.36 Å². The van der Waals surface area contributed by atoms with Crippen molar-refractivity contribution in [3.63, 3.8) is 0 Å². The highest BCUT2D eigenvalue weighted by Gasteiger charge is 2.31. The Bertz CT molecular complexity index is 368. The van der Waals surface area contributed by atoms with E-state index in [2.05, 4.69) is 20.7 Å². The summed E-state index contributed by atoms with van der Waals surface area (Å²) in [6, 6.07) is 3.22. The Labute approximate surface area is 100 Å². The number of alkyl halides is 5. The van der Waals surface area contributed by atoms with Crippen LogP contribution in [0.25, 0.3) is 0 Å². The van der Waals surface area contributed by atoms with Crippen molar-refractivity contribution in [2.75, 3.05) is 0 Å². The first kappa shape index (κ1) is 13.6. The molecule has 1 aromatic carbocycles. The Kier molecular flexibility index (Phi) is 4.43. The molecule has 0 bridgehead atoms. The van der Waals surface area contributed by atoms with Crippen LogP contribution in [0.15, 0.2) is 27.6 Å². The normalized spacial score (nSPS) is 11.9. The van der Waals surface area contributed by atoms with Crippen molar-refractivity contribution >= 4 is 27.7 Å². The molecule has 0 amide bonds. The van der Waals surface area contributed by atoms with Gasteiger partial charge in [0.1, 0.15) is 5.75 Å². The van der Waals surface area contributed by atoms with Gasteiger partial charge in [0.15, 0.2) is 0 Å². The van der Waals surface area contributed by atoms with Crippen LogP contribution < -0.4 is 4.74 Å². The summed E-state index contributed by atoms with van der Waals surface area (Å²) in [5, 5.41) is 0. The molecule has 0 heterocycles. The number of hydrogen-bond acceptors (Lipinski definition) is 2. The Hall–Kier alpha value is -0.500. The van der Waals surface area contributed by atoms with Crippen molar-refractivity contribution in [2.24, 2.45) is 0 Å². The maximum absolute atomic E-state index is 12.0. The minimum absolute atomic E-state index is 0.0105. The number of thioether (sulfide) groups is 1. The summed E-state index contributed by atoms with van der Waals surface area (Å²) in [6.45, 7) is 0. The maximum Gasteiger partial charge on any atom is 0.573 e. The maximum atomic E-state index is 12.0. The summed E-state index contributed by atoms with van der Waals surface area (Å²) in [5.74, 6) is -3.24. The first-order valence-corrected chi connectivity index (χ1v) is 5.45. The largest absolute Gasteiger partial charge is 0.573 e. The standard InChI is InChI=1S/C8H4BrF5OS/c9-4-1-5(15-8(12,13)14)3-6(2-4)16-7(10)11/h1-3,7H. The van der Waals surface area contributed by atoms with E-state index in [9.17, 15) is 22.0 Å². The highest BCUT2D eigenvalue weighted by atomic mass is 79.9. The van der Waals surface area contributed by atoms with Gasteiger partial charge in [-0.25, -0.2) is 0 Å². The van der Waals surface area contributed by atoms with E-state index in [-0.39, 0.29) is 21.1 Å². The van der Waals surface area contributed by atoms with Crippen LogP contribution in [0.3, 0.4) is 0 Å². The fraction of sp³-hybridized carbons (Fsp3) is 0.250. The molecule has 90 valence electrons. The highest BCUT2D eigenvalue weighted by molar-refractivity contribution is 9.10. The minimum atomic E-state index is -4.84. The quantitative estimate of drug-likeness (QED) is 0.591. The monoisotopic (exact) mass is 322 g/mol. The van der Waals surface area contributed by atoms with Gasteiger partial charge in [0, 0.05) is 9.37 Å². The van der Waals surface area contributed by atoms with Crippen LogP contribution in [-0.4, -0.2) is 12.1 Å². The number of ether oxygens (including phenoxy) is 1. The van der Waals surface area contributed by atoms with Gasteiger partial charge in [-0.2, -0.15) is 8.78 Å². The summed E-state index contributed by atoms with van der Waals surface area (Å²) in [6.07, 6.45) is -4.84. The molecule has 0 aliphatic carbocycles. The lowest BCUT2D eigenvalue weighted by atomic mass is 10.3. The lowest BCUT2D eigenvalue weighted by molar-refractivity contribution is -0.274. The van der Waals surface area contributed by atoms with Crippen molar-refractivity contribution < 1.29 is 26.7 Å². The Morgan fingerprint density at radius 1 is 1.19 bits per heavy atom. The predicted molar refractivity (Wildman–Crippen MR) is 52.7 cm³/mol. The van der Waals surface area contributed by atoms with Crippen molar-refractivity contribution in [2.45, 2.75) is 17.0 Å². The van der Waals surface area contributed by atoms with Crippen molar-refractivity contribution in [1.82, 2.24) is 0 Å². The number of hydrogen-bond donors (Lipinski definition) is 0. The van der Waals surface area contributed by atoms with Crippen LogP contribution in [0.4, 0.5) is 22.0 Å². The van der Waals surface area contributed by atoms with Crippen LogP contribution in [0, 0.1) is 0 Å². The van der Waals surface area contributed by atoms with Crippen LogP contribution in [0.2, 0.25) is 0 Å². The molecule has 0 atom stereocenters. The van der Waals surface area contributed by atoms with Crippen molar-refractivity contribution in [1.29, 1.82) is 0 Å². The Balaban J connectivity index is 2.90. The van der Waals surface area contributed by atoms with Gasteiger partial charge in [0.05, 0.1) is 0 Å². The van der Waals surface area contributed by atoms with E-state index in [1.807, 2.05) is 0 Å². The molecular formula is C8H4BrF5OS. The van der Waals surface area contributed by atoms with Crippen LogP contribution in [0.5, 0.6) is 5.75 Å². The summed E-state index contributed by atoms with van der Waals surface area (Å²) < 4.78 is 63.5. The second-order valence-corrected chi connectivity index (χ2v) is 4.53. The van der Waals surface area contributed by atoms with Gasteiger partial charge in [-0.3, -0.25) is 0 Å². The molecule has 8 heteroatoms. The predicted octanol–water partition coefficient (Wildman–Crippen LogP) is 4.66. The van der Waals surface area contributed by atoms with E-state index >= 15 is 0 Å². The summed E-state index contributed by atoms with van der Waals surface area (Å²) >= 11 is 3.05. The van der Waals surface area contributed by atoms with E-state index in [1.54, 1.807) is 0 Å². The first-order chi connectivity index (χ1) is 7.26. The van der Waals surface area contributed by atoms with Gasteiger partial charge in [-0.15, -0.1) is 13.2 Å². The zero-order valence-corrected chi connectivity index (χ0v) is 9.80. The van der Waals surface area contributed by atoms with Crippen molar-refractivity contribution in [3.8, 4) is 5.75 Å². The van der Waals surface area contributed by atoms with Gasteiger partial charge in [0.2, 0.25) is 0 Å². The molecule has 0 spiro atoms. The van der Waals surface area contributed by atoms with Gasteiger partial charge in [0.25, 0.3) is 5.76 Å². The number of rotatable bonds is 3. The number of halogens is 6. The molecule has 0 aromatic heterocycles. The van der Waals surface area contributed by atoms with Gasteiger partial charge < -0.3 is 4.74 Å². The highest BCUT2D eigenvalue weighted by Crippen LogP contribution is 2.33. The Morgan fingerprint density at radius 2 is 1.81 bits per heavy atom. The van der Waals surface area contributed by atoms with Crippen LogP contribution >= 0.6 is 27.7 Å². The molecule has 0 unspecified atom stereocenters. The summed E-state index contributed by atoms with van der Waals surface area (Å²) in [7, 11) is 0. The third kappa shape index (κ3) is 5.02. The second kappa shape index (κ2) is 5.22. The second-order valence-electron chi connectivity index (χ2n) is 2.55. The molecule has 0 aliphatic rings. The number of benzene rings is 1. The molecule has 1 nitrogen and oxygen atoms in total. The lowest BCUT2D eigenvalue weighted by Gasteiger charge is -2.10. The molecule has 0 radical (unpaired) electrons. The Morgan fingerprint density at radius 3 is 2.31 bits per heavy atom. The average Bonchev–Trinajstić information content (AvgIpc) is 1.96. The first-order valence-electron chi connectivity index (χ1n) is 3.77. The molecule has 16 heavy (non-hydrogen) atoms. The molecular weight excluding hydrogens is 319 g/mol.